The summed E-state index contributed by atoms with van der Waals surface area (Å²) in [6.07, 6.45) is 4.74. The topological polar surface area (TPSA) is 110 Å². The Hall–Kier alpha value is -1.15. The number of sulfone groups is 1. The van der Waals surface area contributed by atoms with Crippen molar-refractivity contribution in [3.63, 3.8) is 0 Å². The standard InChI is InChI=1S/C16H27NO6S/c1-12(24(21,22)13-6-10-23-11-7-13)14(18)17-16(15(19)20)8-4-2-3-5-9-16/h12-13H,2-11H2,1H3,(H,17,18)(H,19,20). The molecule has 2 fully saturated rings. The first kappa shape index (κ1) is 19.2. The summed E-state index contributed by atoms with van der Waals surface area (Å²) in [6, 6.07) is 0. The molecule has 0 aromatic heterocycles. The molecule has 1 amide bonds. The van der Waals surface area contributed by atoms with E-state index in [9.17, 15) is 23.1 Å². The average molecular weight is 361 g/mol. The van der Waals surface area contributed by atoms with Gasteiger partial charge in [0.2, 0.25) is 5.91 Å². The Morgan fingerprint density at radius 1 is 1.12 bits per heavy atom. The summed E-state index contributed by atoms with van der Waals surface area (Å²) < 4.78 is 30.5. The number of carbonyl (C=O) groups is 2. The van der Waals surface area contributed by atoms with Gasteiger partial charge in [-0.3, -0.25) is 4.79 Å². The number of amides is 1. The SMILES string of the molecule is CC(C(=O)NC1(C(=O)O)CCCCCC1)S(=O)(=O)C1CCOCC1. The minimum atomic E-state index is -3.66. The first-order chi connectivity index (χ1) is 11.3. The number of nitrogens with one attached hydrogen (secondary N) is 1. The van der Waals surface area contributed by atoms with Crippen LogP contribution in [0.2, 0.25) is 0 Å². The second kappa shape index (κ2) is 7.82. The van der Waals surface area contributed by atoms with E-state index >= 15 is 0 Å². The van der Waals surface area contributed by atoms with Crippen molar-refractivity contribution in [2.45, 2.75) is 74.3 Å². The minimum Gasteiger partial charge on any atom is -0.480 e. The number of ether oxygens (including phenoxy) is 1. The molecule has 2 rings (SSSR count). The Morgan fingerprint density at radius 3 is 2.17 bits per heavy atom. The van der Waals surface area contributed by atoms with Crippen molar-refractivity contribution in [1.29, 1.82) is 0 Å². The lowest BCUT2D eigenvalue weighted by molar-refractivity contribution is -0.148. The molecule has 1 heterocycles. The molecular formula is C16H27NO6S. The van der Waals surface area contributed by atoms with E-state index in [-0.39, 0.29) is 0 Å². The predicted molar refractivity (Wildman–Crippen MR) is 88.4 cm³/mol. The maximum atomic E-state index is 12.6. The van der Waals surface area contributed by atoms with E-state index in [4.69, 9.17) is 4.74 Å². The Kier molecular flexibility index (Phi) is 6.25. The molecule has 0 radical (unpaired) electrons. The third kappa shape index (κ3) is 4.08. The molecule has 2 N–H and O–H groups in total. The molecule has 0 aromatic rings. The van der Waals surface area contributed by atoms with E-state index in [0.29, 0.717) is 51.7 Å². The van der Waals surface area contributed by atoms with E-state index in [1.807, 2.05) is 0 Å². The molecule has 0 aromatic carbocycles. The van der Waals surface area contributed by atoms with E-state index in [0.717, 1.165) is 12.8 Å². The number of carboxylic acids is 1. The van der Waals surface area contributed by atoms with Crippen molar-refractivity contribution in [3.05, 3.63) is 0 Å². The van der Waals surface area contributed by atoms with Gasteiger partial charge in [0.15, 0.2) is 9.84 Å². The predicted octanol–water partition coefficient (Wildman–Crippen LogP) is 1.26. The third-order valence-corrected chi connectivity index (χ3v) is 7.82. The Labute approximate surface area is 143 Å². The lowest BCUT2D eigenvalue weighted by Crippen LogP contribution is -2.57. The molecule has 2 aliphatic rings. The van der Waals surface area contributed by atoms with Crippen LogP contribution in [0.4, 0.5) is 0 Å². The van der Waals surface area contributed by atoms with Gasteiger partial charge < -0.3 is 15.2 Å². The van der Waals surface area contributed by atoms with Crippen molar-refractivity contribution in [3.8, 4) is 0 Å². The molecule has 7 nitrogen and oxygen atoms in total. The fourth-order valence-electron chi connectivity index (χ4n) is 3.50. The number of aliphatic carboxylic acids is 1. The molecule has 1 aliphatic heterocycles. The summed E-state index contributed by atoms with van der Waals surface area (Å²) >= 11 is 0. The zero-order valence-corrected chi connectivity index (χ0v) is 14.9. The van der Waals surface area contributed by atoms with Gasteiger partial charge in [0.1, 0.15) is 10.8 Å². The molecule has 8 heteroatoms. The molecule has 0 spiro atoms. The van der Waals surface area contributed by atoms with Gasteiger partial charge in [-0.15, -0.1) is 0 Å². The van der Waals surface area contributed by atoms with Crippen molar-refractivity contribution in [1.82, 2.24) is 5.32 Å². The van der Waals surface area contributed by atoms with Gasteiger partial charge in [0.05, 0.1) is 5.25 Å². The van der Waals surface area contributed by atoms with Crippen LogP contribution in [0.1, 0.15) is 58.3 Å². The monoisotopic (exact) mass is 361 g/mol. The van der Waals surface area contributed by atoms with Crippen LogP contribution < -0.4 is 5.32 Å². The highest BCUT2D eigenvalue weighted by atomic mass is 32.2. The molecule has 1 unspecified atom stereocenters. The van der Waals surface area contributed by atoms with Gasteiger partial charge in [-0.05, 0) is 32.6 Å². The van der Waals surface area contributed by atoms with E-state index < -0.39 is 37.8 Å². The molecule has 1 aliphatic carbocycles. The van der Waals surface area contributed by atoms with E-state index in [2.05, 4.69) is 5.32 Å². The number of hydrogen-bond donors (Lipinski definition) is 2. The molecule has 1 atom stereocenters. The normalized spacial score (nSPS) is 23.9. The van der Waals surface area contributed by atoms with Crippen LogP contribution in [0.3, 0.4) is 0 Å². The maximum Gasteiger partial charge on any atom is 0.329 e. The fourth-order valence-corrected chi connectivity index (χ4v) is 5.29. The van der Waals surface area contributed by atoms with Crippen molar-refractivity contribution >= 4 is 21.7 Å². The largest absolute Gasteiger partial charge is 0.480 e. The zero-order chi connectivity index (χ0) is 17.8. The second-order valence-electron chi connectivity index (χ2n) is 6.83. The number of hydrogen-bond acceptors (Lipinski definition) is 5. The van der Waals surface area contributed by atoms with Crippen LogP contribution in [0.5, 0.6) is 0 Å². The Morgan fingerprint density at radius 2 is 1.67 bits per heavy atom. The third-order valence-electron chi connectivity index (χ3n) is 5.22. The number of carbonyl (C=O) groups excluding carboxylic acids is 1. The van der Waals surface area contributed by atoms with Crippen LogP contribution in [0.15, 0.2) is 0 Å². The molecule has 0 bridgehead atoms. The first-order valence-electron chi connectivity index (χ1n) is 8.65. The van der Waals surface area contributed by atoms with E-state index in [1.54, 1.807) is 0 Å². The van der Waals surface area contributed by atoms with Crippen LogP contribution in [0.25, 0.3) is 0 Å². The fraction of sp³-hybridized carbons (Fsp3) is 0.875. The van der Waals surface area contributed by atoms with Gasteiger partial charge in [0.25, 0.3) is 0 Å². The summed E-state index contributed by atoms with van der Waals surface area (Å²) in [4.78, 5) is 24.3. The van der Waals surface area contributed by atoms with Crippen LogP contribution >= 0.6 is 0 Å². The highest BCUT2D eigenvalue weighted by Crippen LogP contribution is 2.28. The number of rotatable bonds is 5. The minimum absolute atomic E-state index is 0.345. The van der Waals surface area contributed by atoms with Gasteiger partial charge in [-0.1, -0.05) is 25.7 Å². The summed E-state index contributed by atoms with van der Waals surface area (Å²) in [5.41, 5.74) is -1.34. The second-order valence-corrected chi connectivity index (χ2v) is 9.39. The molecule has 1 saturated carbocycles. The lowest BCUT2D eigenvalue weighted by Gasteiger charge is -2.31. The van der Waals surface area contributed by atoms with Crippen molar-refractivity contribution in [2.24, 2.45) is 0 Å². The molecule has 24 heavy (non-hydrogen) atoms. The van der Waals surface area contributed by atoms with E-state index in [1.165, 1.54) is 6.92 Å². The summed E-state index contributed by atoms with van der Waals surface area (Å²) in [6.45, 7) is 2.10. The van der Waals surface area contributed by atoms with Gasteiger partial charge in [0, 0.05) is 13.2 Å². The van der Waals surface area contributed by atoms with Gasteiger partial charge >= 0.3 is 5.97 Å². The number of carboxylic acid groups (broad SMARTS) is 1. The van der Waals surface area contributed by atoms with Crippen molar-refractivity contribution < 1.29 is 27.9 Å². The Bertz CT molecular complexity index is 559. The highest BCUT2D eigenvalue weighted by Gasteiger charge is 2.44. The lowest BCUT2D eigenvalue weighted by atomic mass is 9.90. The maximum absolute atomic E-state index is 12.6. The van der Waals surface area contributed by atoms with Crippen LogP contribution in [0, 0.1) is 0 Å². The smallest absolute Gasteiger partial charge is 0.329 e. The summed E-state index contributed by atoms with van der Waals surface area (Å²) in [5, 5.41) is 10.3. The summed E-state index contributed by atoms with van der Waals surface area (Å²) in [5.74, 6) is -1.78. The molecule has 138 valence electrons. The molecule has 1 saturated heterocycles. The highest BCUT2D eigenvalue weighted by molar-refractivity contribution is 7.93. The van der Waals surface area contributed by atoms with Gasteiger partial charge in [-0.2, -0.15) is 0 Å². The van der Waals surface area contributed by atoms with Gasteiger partial charge in [-0.25, -0.2) is 13.2 Å². The van der Waals surface area contributed by atoms with Crippen LogP contribution in [-0.4, -0.2) is 54.7 Å². The first-order valence-corrected chi connectivity index (χ1v) is 10.3. The van der Waals surface area contributed by atoms with Crippen LogP contribution in [-0.2, 0) is 24.2 Å². The quantitative estimate of drug-likeness (QED) is 0.714. The Balaban J connectivity index is 2.12. The zero-order valence-electron chi connectivity index (χ0n) is 14.1. The molecular weight excluding hydrogens is 334 g/mol. The average Bonchev–Trinajstić information content (AvgIpc) is 2.81. The summed E-state index contributed by atoms with van der Waals surface area (Å²) in [7, 11) is -3.66. The van der Waals surface area contributed by atoms with Crippen molar-refractivity contribution in [2.75, 3.05) is 13.2 Å².